The summed E-state index contributed by atoms with van der Waals surface area (Å²) >= 11 is 0. The van der Waals surface area contributed by atoms with Crippen LogP contribution in [-0.4, -0.2) is 25.2 Å². The number of rotatable bonds is 0. The first-order valence-corrected chi connectivity index (χ1v) is 7.44. The van der Waals surface area contributed by atoms with Crippen LogP contribution in [-0.2, 0) is 6.42 Å². The van der Waals surface area contributed by atoms with Crippen LogP contribution in [0.4, 0.5) is 5.69 Å². The van der Waals surface area contributed by atoms with Crippen molar-refractivity contribution < 1.29 is 0 Å². The van der Waals surface area contributed by atoms with Crippen molar-refractivity contribution in [3.8, 4) is 0 Å². The molecule has 2 aromatic carbocycles. The van der Waals surface area contributed by atoms with Gasteiger partial charge in [-0.2, -0.15) is 0 Å². The fraction of sp³-hybridized carbons (Fsp3) is 0.333. The Labute approximate surface area is 120 Å². The van der Waals surface area contributed by atoms with Crippen molar-refractivity contribution in [1.29, 1.82) is 0 Å². The van der Waals surface area contributed by atoms with Crippen molar-refractivity contribution in [2.75, 3.05) is 25.2 Å². The summed E-state index contributed by atoms with van der Waals surface area (Å²) < 4.78 is 0. The fourth-order valence-corrected chi connectivity index (χ4v) is 3.66. The topological polar surface area (TPSA) is 6.48 Å². The third kappa shape index (κ3) is 1.83. The van der Waals surface area contributed by atoms with Gasteiger partial charge in [-0.1, -0.05) is 42.5 Å². The maximum absolute atomic E-state index is 2.59. The van der Waals surface area contributed by atoms with Gasteiger partial charge in [-0.3, -0.25) is 4.90 Å². The highest BCUT2D eigenvalue weighted by Crippen LogP contribution is 2.40. The lowest BCUT2D eigenvalue weighted by Crippen LogP contribution is -2.44. The predicted octanol–water partition coefficient (Wildman–Crippen LogP) is 3.43. The van der Waals surface area contributed by atoms with Crippen LogP contribution in [0.2, 0.25) is 0 Å². The van der Waals surface area contributed by atoms with Crippen LogP contribution in [0.15, 0.2) is 48.5 Å². The highest BCUT2D eigenvalue weighted by molar-refractivity contribution is 5.60. The molecular weight excluding hydrogens is 244 g/mol. The predicted molar refractivity (Wildman–Crippen MR) is 83.0 cm³/mol. The van der Waals surface area contributed by atoms with Crippen molar-refractivity contribution in [1.82, 2.24) is 4.90 Å². The lowest BCUT2D eigenvalue weighted by Gasteiger charge is -2.42. The Morgan fingerprint density at radius 2 is 1.70 bits per heavy atom. The molecule has 2 heterocycles. The summed E-state index contributed by atoms with van der Waals surface area (Å²) in [7, 11) is 2.22. The van der Waals surface area contributed by atoms with Crippen molar-refractivity contribution in [3.05, 3.63) is 65.2 Å². The molecule has 4 rings (SSSR count). The van der Waals surface area contributed by atoms with Gasteiger partial charge in [0.05, 0.1) is 12.7 Å². The van der Waals surface area contributed by atoms with Gasteiger partial charge in [0.2, 0.25) is 0 Å². The third-order valence-electron chi connectivity index (χ3n) is 4.65. The number of anilines is 1. The monoisotopic (exact) mass is 264 g/mol. The highest BCUT2D eigenvalue weighted by atomic mass is 15.3. The number of fused-ring (bicyclic) bond motifs is 5. The van der Waals surface area contributed by atoms with Crippen molar-refractivity contribution >= 4 is 5.69 Å². The Balaban J connectivity index is 1.90. The Morgan fingerprint density at radius 1 is 0.950 bits per heavy atom. The molecule has 2 heteroatoms. The van der Waals surface area contributed by atoms with E-state index in [1.807, 2.05) is 0 Å². The molecule has 2 aromatic rings. The summed E-state index contributed by atoms with van der Waals surface area (Å²) in [6, 6.07) is 18.4. The van der Waals surface area contributed by atoms with Crippen molar-refractivity contribution in [2.24, 2.45) is 0 Å². The Hall–Kier alpha value is -1.80. The molecule has 0 aromatic heterocycles. The molecule has 0 aliphatic carbocycles. The molecule has 2 nitrogen and oxygen atoms in total. The van der Waals surface area contributed by atoms with E-state index in [2.05, 4.69) is 65.4 Å². The summed E-state index contributed by atoms with van der Waals surface area (Å²) in [4.78, 5) is 5.01. The summed E-state index contributed by atoms with van der Waals surface area (Å²) in [6.07, 6.45) is 2.27. The second-order valence-corrected chi connectivity index (χ2v) is 6.00. The maximum Gasteiger partial charge on any atom is 0.0711 e. The van der Waals surface area contributed by atoms with Crippen molar-refractivity contribution in [2.45, 2.75) is 18.9 Å². The van der Waals surface area contributed by atoms with E-state index in [-0.39, 0.29) is 0 Å². The van der Waals surface area contributed by atoms with E-state index in [4.69, 9.17) is 0 Å². The zero-order chi connectivity index (χ0) is 13.5. The smallest absolute Gasteiger partial charge is 0.0711 e. The fourth-order valence-electron chi connectivity index (χ4n) is 3.66. The van der Waals surface area contributed by atoms with Gasteiger partial charge in [0.25, 0.3) is 0 Å². The number of nitrogens with zero attached hydrogens (tertiary/aromatic N) is 2. The van der Waals surface area contributed by atoms with Crippen LogP contribution in [0.25, 0.3) is 0 Å². The SMILES string of the molecule is CN1CC[C@H]2c3ccccc3Cc3ccccc3N2C1. The van der Waals surface area contributed by atoms with E-state index in [1.165, 1.54) is 35.3 Å². The molecule has 1 fully saturated rings. The minimum atomic E-state index is 0.533. The Kier molecular flexibility index (Phi) is 2.78. The van der Waals surface area contributed by atoms with E-state index in [0.717, 1.165) is 13.1 Å². The zero-order valence-corrected chi connectivity index (χ0v) is 11.9. The highest BCUT2D eigenvalue weighted by Gasteiger charge is 2.31. The number of benzene rings is 2. The van der Waals surface area contributed by atoms with E-state index in [9.17, 15) is 0 Å². The molecule has 1 atom stereocenters. The van der Waals surface area contributed by atoms with Crippen LogP contribution in [0, 0.1) is 0 Å². The summed E-state index contributed by atoms with van der Waals surface area (Å²) in [6.45, 7) is 2.20. The van der Waals surface area contributed by atoms with E-state index < -0.39 is 0 Å². The average molecular weight is 264 g/mol. The molecule has 0 radical (unpaired) electrons. The molecule has 0 N–H and O–H groups in total. The largest absolute Gasteiger partial charge is 0.351 e. The molecule has 0 saturated carbocycles. The minimum absolute atomic E-state index is 0.533. The van der Waals surface area contributed by atoms with Gasteiger partial charge in [-0.25, -0.2) is 0 Å². The van der Waals surface area contributed by atoms with Gasteiger partial charge in [-0.15, -0.1) is 0 Å². The summed E-state index contributed by atoms with van der Waals surface area (Å²) in [5.74, 6) is 0. The average Bonchev–Trinajstić information content (AvgIpc) is 2.61. The molecule has 0 spiro atoms. The molecule has 0 amide bonds. The van der Waals surface area contributed by atoms with Gasteiger partial charge in [-0.05, 0) is 42.6 Å². The van der Waals surface area contributed by atoms with Gasteiger partial charge >= 0.3 is 0 Å². The Morgan fingerprint density at radius 3 is 2.60 bits per heavy atom. The van der Waals surface area contributed by atoms with Crippen LogP contribution in [0.1, 0.15) is 29.2 Å². The number of hydrogen-bond acceptors (Lipinski definition) is 2. The molecule has 2 aliphatic heterocycles. The van der Waals surface area contributed by atoms with Gasteiger partial charge < -0.3 is 4.90 Å². The normalized spacial score (nSPS) is 21.6. The second-order valence-electron chi connectivity index (χ2n) is 6.00. The standard InChI is InChI=1S/C18H20N2/c1-19-11-10-18-16-8-4-2-6-14(16)12-15-7-3-5-9-17(15)20(18)13-19/h2-9,18H,10-13H2,1H3/t18-/m0/s1. The molecule has 20 heavy (non-hydrogen) atoms. The number of para-hydroxylation sites is 1. The van der Waals surface area contributed by atoms with Crippen LogP contribution in [0.3, 0.4) is 0 Å². The number of hydrogen-bond donors (Lipinski definition) is 0. The minimum Gasteiger partial charge on any atom is -0.351 e. The summed E-state index contributed by atoms with van der Waals surface area (Å²) in [5.41, 5.74) is 5.90. The molecule has 102 valence electrons. The molecule has 1 saturated heterocycles. The molecule has 0 unspecified atom stereocenters. The first kappa shape index (κ1) is 12.0. The summed E-state index contributed by atoms with van der Waals surface area (Å²) in [5, 5.41) is 0. The third-order valence-corrected chi connectivity index (χ3v) is 4.65. The van der Waals surface area contributed by atoms with Crippen LogP contribution < -0.4 is 4.90 Å². The molecular formula is C18H20N2. The first-order chi connectivity index (χ1) is 9.83. The van der Waals surface area contributed by atoms with Gasteiger partial charge in [0.15, 0.2) is 0 Å². The van der Waals surface area contributed by atoms with Crippen LogP contribution in [0.5, 0.6) is 0 Å². The second kappa shape index (κ2) is 4.64. The first-order valence-electron chi connectivity index (χ1n) is 7.44. The zero-order valence-electron chi connectivity index (χ0n) is 11.9. The Bertz CT molecular complexity index is 635. The lowest BCUT2D eigenvalue weighted by molar-refractivity contribution is 0.257. The van der Waals surface area contributed by atoms with Gasteiger partial charge in [0, 0.05) is 12.2 Å². The van der Waals surface area contributed by atoms with Crippen molar-refractivity contribution in [3.63, 3.8) is 0 Å². The van der Waals surface area contributed by atoms with E-state index in [1.54, 1.807) is 0 Å². The van der Waals surface area contributed by atoms with Gasteiger partial charge in [0.1, 0.15) is 0 Å². The maximum atomic E-state index is 2.59. The molecule has 0 bridgehead atoms. The lowest BCUT2D eigenvalue weighted by atomic mass is 9.95. The quantitative estimate of drug-likeness (QED) is 0.719. The van der Waals surface area contributed by atoms with E-state index >= 15 is 0 Å². The van der Waals surface area contributed by atoms with Crippen LogP contribution >= 0.6 is 0 Å². The van der Waals surface area contributed by atoms with E-state index in [0.29, 0.717) is 6.04 Å². The molecule has 2 aliphatic rings.